The van der Waals surface area contributed by atoms with Crippen molar-refractivity contribution in [2.24, 2.45) is 23.2 Å². The number of benzene rings is 1. The van der Waals surface area contributed by atoms with Crippen molar-refractivity contribution in [3.63, 3.8) is 0 Å². The van der Waals surface area contributed by atoms with Crippen molar-refractivity contribution in [2.75, 3.05) is 0 Å². The number of carbonyl (C=O) groups is 2. The normalized spacial score (nSPS) is 29.0. The van der Waals surface area contributed by atoms with Gasteiger partial charge >= 0.3 is 0 Å². The lowest BCUT2D eigenvalue weighted by molar-refractivity contribution is -0.149. The van der Waals surface area contributed by atoms with Crippen LogP contribution in [0.2, 0.25) is 0 Å². The summed E-state index contributed by atoms with van der Waals surface area (Å²) in [6.07, 6.45) is 6.81. The van der Waals surface area contributed by atoms with E-state index in [-0.39, 0.29) is 23.8 Å². The molecule has 6 rings (SSSR count). The molecule has 2 N–H and O–H groups in total. The van der Waals surface area contributed by atoms with Gasteiger partial charge in [0.15, 0.2) is 3.95 Å². The molecule has 0 spiro atoms. The van der Waals surface area contributed by atoms with Gasteiger partial charge in [-0.05, 0) is 81.0 Å². The van der Waals surface area contributed by atoms with E-state index >= 15 is 0 Å². The van der Waals surface area contributed by atoms with Gasteiger partial charge in [0, 0.05) is 5.38 Å². The van der Waals surface area contributed by atoms with Gasteiger partial charge in [-0.2, -0.15) is 0 Å². The van der Waals surface area contributed by atoms with Crippen LogP contribution < -0.4 is 10.9 Å². The summed E-state index contributed by atoms with van der Waals surface area (Å²) in [5.41, 5.74) is 8.28. The Morgan fingerprint density at radius 1 is 1.07 bits per heavy atom. The Hall–Kier alpha value is -1.99. The maximum Gasteiger partial charge on any atom is 0.258 e. The van der Waals surface area contributed by atoms with Crippen LogP contribution in [0.4, 0.5) is 0 Å². The summed E-state index contributed by atoms with van der Waals surface area (Å²) in [4.78, 5) is 25.7. The van der Waals surface area contributed by atoms with Crippen LogP contribution in [0, 0.1) is 34.0 Å². The summed E-state index contributed by atoms with van der Waals surface area (Å²) in [7, 11) is 0. The Morgan fingerprint density at radius 3 is 2.27 bits per heavy atom. The van der Waals surface area contributed by atoms with Crippen molar-refractivity contribution in [1.29, 1.82) is 0 Å². The number of thiazole rings is 1. The Kier molecular flexibility index (Phi) is 5.06. The van der Waals surface area contributed by atoms with Crippen molar-refractivity contribution in [2.45, 2.75) is 52.0 Å². The molecule has 1 heterocycles. The second kappa shape index (κ2) is 7.61. The molecule has 1 aromatic carbocycles. The minimum absolute atomic E-state index is 0.00243. The number of rotatable bonds is 4. The van der Waals surface area contributed by atoms with Crippen LogP contribution in [0.1, 0.15) is 44.1 Å². The molecule has 0 saturated heterocycles. The number of aromatic nitrogens is 1. The van der Waals surface area contributed by atoms with Gasteiger partial charge in [0.25, 0.3) is 5.91 Å². The predicted octanol–water partition coefficient (Wildman–Crippen LogP) is 4.62. The number of nitrogens with zero attached hydrogens (tertiary/aromatic N) is 1. The fraction of sp³-hybridized carbons (Fsp3) is 0.522. The first kappa shape index (κ1) is 19.9. The number of nitrogens with one attached hydrogen (secondary N) is 2. The van der Waals surface area contributed by atoms with Gasteiger partial charge in [0.1, 0.15) is 6.54 Å². The number of hydrogen-bond acceptors (Lipinski definition) is 4. The second-order valence-electron chi connectivity index (χ2n) is 9.54. The fourth-order valence-electron chi connectivity index (χ4n) is 6.26. The maximum atomic E-state index is 13.0. The lowest BCUT2D eigenvalue weighted by Crippen LogP contribution is -2.57. The molecular formula is C23H27N3O2S2. The Morgan fingerprint density at radius 2 is 1.67 bits per heavy atom. The third kappa shape index (κ3) is 3.62. The highest BCUT2D eigenvalue weighted by Crippen LogP contribution is 2.60. The molecule has 0 radical (unpaired) electrons. The van der Waals surface area contributed by atoms with Crippen LogP contribution in [0.25, 0.3) is 11.3 Å². The SMILES string of the molecule is Cc1ccc(-c2csc(=S)n2CC(=O)NNC(=O)C23CC4CC(CC(C4)C2)C3)cc1. The van der Waals surface area contributed by atoms with Gasteiger partial charge < -0.3 is 4.57 Å². The van der Waals surface area contributed by atoms with Gasteiger partial charge in [-0.1, -0.05) is 29.8 Å². The van der Waals surface area contributed by atoms with Crippen LogP contribution in [0.15, 0.2) is 29.6 Å². The van der Waals surface area contributed by atoms with E-state index in [4.69, 9.17) is 12.2 Å². The highest BCUT2D eigenvalue weighted by Gasteiger charge is 2.54. The Labute approximate surface area is 185 Å². The van der Waals surface area contributed by atoms with Crippen molar-refractivity contribution in [3.8, 4) is 11.3 Å². The van der Waals surface area contributed by atoms with E-state index in [2.05, 4.69) is 10.9 Å². The molecule has 4 bridgehead atoms. The number of hydrogen-bond donors (Lipinski definition) is 2. The van der Waals surface area contributed by atoms with E-state index in [0.717, 1.165) is 30.5 Å². The summed E-state index contributed by atoms with van der Waals surface area (Å²) in [6, 6.07) is 8.17. The van der Waals surface area contributed by atoms with Gasteiger partial charge in [0.2, 0.25) is 5.91 Å². The lowest BCUT2D eigenvalue weighted by Gasteiger charge is -2.55. The summed E-state index contributed by atoms with van der Waals surface area (Å²) >= 11 is 6.89. The molecule has 2 amide bonds. The van der Waals surface area contributed by atoms with E-state index in [9.17, 15) is 9.59 Å². The Bertz CT molecular complexity index is 1000. The zero-order chi connectivity index (χ0) is 20.9. The van der Waals surface area contributed by atoms with Gasteiger partial charge in [-0.15, -0.1) is 11.3 Å². The third-order valence-corrected chi connectivity index (χ3v) is 8.54. The molecule has 0 aliphatic heterocycles. The van der Waals surface area contributed by atoms with Crippen molar-refractivity contribution < 1.29 is 9.59 Å². The second-order valence-corrected chi connectivity index (χ2v) is 11.0. The van der Waals surface area contributed by atoms with Crippen molar-refractivity contribution >= 4 is 35.4 Å². The minimum atomic E-state index is -0.270. The van der Waals surface area contributed by atoms with E-state index in [1.165, 1.54) is 36.2 Å². The molecule has 4 fully saturated rings. The van der Waals surface area contributed by atoms with E-state index in [1.807, 2.05) is 41.1 Å². The van der Waals surface area contributed by atoms with Crippen molar-refractivity contribution in [1.82, 2.24) is 15.4 Å². The molecule has 4 aliphatic carbocycles. The number of aryl methyl sites for hydroxylation is 1. The van der Waals surface area contributed by atoms with Crippen LogP contribution >= 0.6 is 23.6 Å². The molecular weight excluding hydrogens is 414 g/mol. The molecule has 2 aromatic rings. The van der Waals surface area contributed by atoms with Crippen molar-refractivity contribution in [3.05, 3.63) is 39.2 Å². The van der Waals surface area contributed by atoms with Crippen LogP contribution in [0.5, 0.6) is 0 Å². The van der Waals surface area contributed by atoms with E-state index in [0.29, 0.717) is 21.7 Å². The first-order valence-electron chi connectivity index (χ1n) is 10.8. The summed E-state index contributed by atoms with van der Waals surface area (Å²) in [6.45, 7) is 2.14. The van der Waals surface area contributed by atoms with Crippen LogP contribution in [-0.2, 0) is 16.1 Å². The average Bonchev–Trinajstić information content (AvgIpc) is 3.06. The lowest BCUT2D eigenvalue weighted by atomic mass is 9.49. The van der Waals surface area contributed by atoms with Crippen LogP contribution in [0.3, 0.4) is 0 Å². The molecule has 0 atom stereocenters. The monoisotopic (exact) mass is 441 g/mol. The first-order valence-corrected chi connectivity index (χ1v) is 12.1. The predicted molar refractivity (Wildman–Crippen MR) is 120 cm³/mol. The first-order chi connectivity index (χ1) is 14.4. The van der Waals surface area contributed by atoms with Gasteiger partial charge in [-0.25, -0.2) is 0 Å². The third-order valence-electron chi connectivity index (χ3n) is 7.27. The molecule has 158 valence electrons. The molecule has 7 heteroatoms. The maximum absolute atomic E-state index is 13.0. The van der Waals surface area contributed by atoms with E-state index in [1.54, 1.807) is 0 Å². The number of amides is 2. The zero-order valence-electron chi connectivity index (χ0n) is 17.1. The number of hydrazine groups is 1. The largest absolute Gasteiger partial charge is 0.313 e. The fourth-order valence-corrected chi connectivity index (χ4v) is 7.33. The molecule has 0 unspecified atom stereocenters. The smallest absolute Gasteiger partial charge is 0.258 e. The quantitative estimate of drug-likeness (QED) is 0.538. The molecule has 1 aromatic heterocycles. The Balaban J connectivity index is 1.24. The molecule has 4 saturated carbocycles. The summed E-state index contributed by atoms with van der Waals surface area (Å²) in [5, 5.41) is 1.98. The van der Waals surface area contributed by atoms with Crippen LogP contribution in [-0.4, -0.2) is 16.4 Å². The standard InChI is InChI=1S/C23H27N3O2S2/c1-14-2-4-18(5-3-14)19-13-30-22(29)26(19)12-20(27)24-25-21(28)23-9-15-6-16(10-23)8-17(7-15)11-23/h2-5,13,15-17H,6-12H2,1H3,(H,24,27)(H,25,28). The summed E-state index contributed by atoms with van der Waals surface area (Å²) < 4.78 is 2.48. The highest BCUT2D eigenvalue weighted by atomic mass is 32.1. The zero-order valence-corrected chi connectivity index (χ0v) is 18.8. The highest BCUT2D eigenvalue weighted by molar-refractivity contribution is 7.73. The minimum Gasteiger partial charge on any atom is -0.313 e. The summed E-state index contributed by atoms with van der Waals surface area (Å²) in [5.74, 6) is 1.83. The van der Waals surface area contributed by atoms with Gasteiger partial charge in [0.05, 0.1) is 11.1 Å². The average molecular weight is 442 g/mol. The number of carbonyl (C=O) groups excluding carboxylic acids is 2. The molecule has 5 nitrogen and oxygen atoms in total. The van der Waals surface area contributed by atoms with Gasteiger partial charge in [-0.3, -0.25) is 20.4 Å². The molecule has 4 aliphatic rings. The van der Waals surface area contributed by atoms with E-state index < -0.39 is 0 Å². The topological polar surface area (TPSA) is 63.1 Å². The molecule has 30 heavy (non-hydrogen) atoms.